The summed E-state index contributed by atoms with van der Waals surface area (Å²) in [4.78, 5) is 0. The van der Waals surface area contributed by atoms with Crippen molar-refractivity contribution >= 4 is 27.5 Å². The molecule has 2 aromatic carbocycles. The van der Waals surface area contributed by atoms with Gasteiger partial charge >= 0.3 is 0 Å². The van der Waals surface area contributed by atoms with E-state index in [0.29, 0.717) is 22.8 Å². The highest BCUT2D eigenvalue weighted by atomic mass is 79.9. The van der Waals surface area contributed by atoms with Gasteiger partial charge in [-0.15, -0.1) is 0 Å². The number of hydrogen-bond donors (Lipinski definition) is 1. The molecule has 0 saturated heterocycles. The number of ether oxygens (including phenoxy) is 2. The molecule has 0 aliphatic carbocycles. The van der Waals surface area contributed by atoms with Crippen LogP contribution in [0.2, 0.25) is 5.02 Å². The van der Waals surface area contributed by atoms with Gasteiger partial charge in [0.15, 0.2) is 0 Å². The van der Waals surface area contributed by atoms with E-state index in [2.05, 4.69) is 15.9 Å². The van der Waals surface area contributed by atoms with Crippen molar-refractivity contribution in [1.29, 1.82) is 0 Å². The quantitative estimate of drug-likeness (QED) is 0.847. The van der Waals surface area contributed by atoms with Gasteiger partial charge in [0.25, 0.3) is 0 Å². The van der Waals surface area contributed by atoms with Crippen LogP contribution in [0.1, 0.15) is 17.2 Å². The van der Waals surface area contributed by atoms with E-state index in [1.54, 1.807) is 32.4 Å². The van der Waals surface area contributed by atoms with E-state index in [4.69, 9.17) is 21.1 Å². The van der Waals surface area contributed by atoms with Crippen molar-refractivity contribution in [2.45, 2.75) is 12.5 Å². The molecular formula is C16H16BrClO3. The van der Waals surface area contributed by atoms with Gasteiger partial charge in [0, 0.05) is 21.5 Å². The van der Waals surface area contributed by atoms with Crippen LogP contribution in [-0.4, -0.2) is 19.3 Å². The Labute approximate surface area is 137 Å². The second kappa shape index (κ2) is 7.16. The van der Waals surface area contributed by atoms with Crippen molar-refractivity contribution in [3.05, 3.63) is 57.0 Å². The molecule has 0 aliphatic rings. The second-order valence-electron chi connectivity index (χ2n) is 4.56. The van der Waals surface area contributed by atoms with Crippen LogP contribution < -0.4 is 9.47 Å². The molecule has 112 valence electrons. The SMILES string of the molecule is COc1ccc(Br)c(CC(O)c2ccc(Cl)cc2OC)c1. The Morgan fingerprint density at radius 1 is 1.14 bits per heavy atom. The summed E-state index contributed by atoms with van der Waals surface area (Å²) in [5, 5.41) is 11.1. The topological polar surface area (TPSA) is 38.7 Å². The lowest BCUT2D eigenvalue weighted by Gasteiger charge is -2.16. The highest BCUT2D eigenvalue weighted by molar-refractivity contribution is 9.10. The minimum absolute atomic E-state index is 0.440. The third-order valence-corrected chi connectivity index (χ3v) is 4.23. The average Bonchev–Trinajstić information content (AvgIpc) is 2.49. The lowest BCUT2D eigenvalue weighted by Crippen LogP contribution is -2.05. The van der Waals surface area contributed by atoms with Crippen LogP contribution in [0.25, 0.3) is 0 Å². The summed E-state index contributed by atoms with van der Waals surface area (Å²) < 4.78 is 11.4. The van der Waals surface area contributed by atoms with Gasteiger partial charge in [0.1, 0.15) is 11.5 Å². The molecule has 1 unspecified atom stereocenters. The average molecular weight is 372 g/mol. The number of methoxy groups -OCH3 is 2. The van der Waals surface area contributed by atoms with E-state index in [1.807, 2.05) is 18.2 Å². The summed E-state index contributed by atoms with van der Waals surface area (Å²) in [6.07, 6.45) is -0.254. The Kier molecular flexibility index (Phi) is 5.51. The minimum atomic E-state index is -0.694. The van der Waals surface area contributed by atoms with Gasteiger partial charge in [-0.3, -0.25) is 0 Å². The fourth-order valence-electron chi connectivity index (χ4n) is 2.11. The first-order chi connectivity index (χ1) is 10.0. The molecular weight excluding hydrogens is 356 g/mol. The Morgan fingerprint density at radius 3 is 2.57 bits per heavy atom. The van der Waals surface area contributed by atoms with Gasteiger partial charge in [-0.05, 0) is 35.9 Å². The summed E-state index contributed by atoms with van der Waals surface area (Å²) in [6.45, 7) is 0. The molecule has 0 heterocycles. The van der Waals surface area contributed by atoms with Crippen molar-refractivity contribution in [3.8, 4) is 11.5 Å². The van der Waals surface area contributed by atoms with Crippen LogP contribution in [0.15, 0.2) is 40.9 Å². The van der Waals surface area contributed by atoms with E-state index in [1.165, 1.54) is 0 Å². The van der Waals surface area contributed by atoms with E-state index < -0.39 is 6.10 Å². The third kappa shape index (κ3) is 3.90. The van der Waals surface area contributed by atoms with E-state index >= 15 is 0 Å². The van der Waals surface area contributed by atoms with Crippen LogP contribution in [0.3, 0.4) is 0 Å². The molecule has 0 spiro atoms. The number of hydrogen-bond acceptors (Lipinski definition) is 3. The highest BCUT2D eigenvalue weighted by Crippen LogP contribution is 2.32. The standard InChI is InChI=1S/C16H16BrClO3/c1-20-12-4-6-14(17)10(7-12)8-15(19)13-5-3-11(18)9-16(13)21-2/h3-7,9,15,19H,8H2,1-2H3. The number of rotatable bonds is 5. The zero-order chi connectivity index (χ0) is 15.4. The molecule has 0 aliphatic heterocycles. The first-order valence-corrected chi connectivity index (χ1v) is 7.56. The fraction of sp³-hybridized carbons (Fsp3) is 0.250. The zero-order valence-corrected chi connectivity index (χ0v) is 14.1. The molecule has 1 atom stereocenters. The van der Waals surface area contributed by atoms with Crippen LogP contribution in [0, 0.1) is 0 Å². The smallest absolute Gasteiger partial charge is 0.126 e. The number of halogens is 2. The van der Waals surface area contributed by atoms with Gasteiger partial charge in [-0.1, -0.05) is 33.6 Å². The number of aliphatic hydroxyl groups excluding tert-OH is 1. The van der Waals surface area contributed by atoms with Gasteiger partial charge in [0.2, 0.25) is 0 Å². The van der Waals surface area contributed by atoms with Gasteiger partial charge in [-0.25, -0.2) is 0 Å². The molecule has 0 fully saturated rings. The molecule has 0 amide bonds. The largest absolute Gasteiger partial charge is 0.497 e. The summed E-state index contributed by atoms with van der Waals surface area (Å²) in [5.41, 5.74) is 1.66. The number of aliphatic hydroxyl groups is 1. The van der Waals surface area contributed by atoms with E-state index in [-0.39, 0.29) is 0 Å². The molecule has 1 N–H and O–H groups in total. The Bertz CT molecular complexity index is 631. The maximum Gasteiger partial charge on any atom is 0.126 e. The van der Waals surface area contributed by atoms with Crippen molar-refractivity contribution in [3.63, 3.8) is 0 Å². The molecule has 2 rings (SSSR count). The molecule has 2 aromatic rings. The minimum Gasteiger partial charge on any atom is -0.497 e. The normalized spacial score (nSPS) is 12.0. The monoisotopic (exact) mass is 370 g/mol. The Hall–Kier alpha value is -1.23. The second-order valence-corrected chi connectivity index (χ2v) is 5.85. The summed E-state index contributed by atoms with van der Waals surface area (Å²) in [6, 6.07) is 10.9. The van der Waals surface area contributed by atoms with Crippen molar-refractivity contribution in [2.24, 2.45) is 0 Å². The maximum atomic E-state index is 10.5. The Balaban J connectivity index is 2.27. The van der Waals surface area contributed by atoms with Crippen LogP contribution >= 0.6 is 27.5 Å². The molecule has 0 radical (unpaired) electrons. The van der Waals surface area contributed by atoms with Crippen LogP contribution in [-0.2, 0) is 6.42 Å². The third-order valence-electron chi connectivity index (χ3n) is 3.22. The predicted molar refractivity (Wildman–Crippen MR) is 87.4 cm³/mol. The Morgan fingerprint density at radius 2 is 1.90 bits per heavy atom. The molecule has 0 aromatic heterocycles. The summed E-state index contributed by atoms with van der Waals surface area (Å²) in [5.74, 6) is 1.33. The van der Waals surface area contributed by atoms with Crippen molar-refractivity contribution in [1.82, 2.24) is 0 Å². The first kappa shape index (κ1) is 16.1. The lowest BCUT2D eigenvalue weighted by atomic mass is 10.0. The zero-order valence-electron chi connectivity index (χ0n) is 11.8. The van der Waals surface area contributed by atoms with Gasteiger partial charge in [0.05, 0.1) is 20.3 Å². The predicted octanol–water partition coefficient (Wildman–Crippen LogP) is 4.40. The van der Waals surface area contributed by atoms with Gasteiger partial charge in [-0.2, -0.15) is 0 Å². The van der Waals surface area contributed by atoms with Gasteiger partial charge < -0.3 is 14.6 Å². The van der Waals surface area contributed by atoms with Crippen molar-refractivity contribution < 1.29 is 14.6 Å². The number of benzene rings is 2. The summed E-state index contributed by atoms with van der Waals surface area (Å²) >= 11 is 9.43. The van der Waals surface area contributed by atoms with Crippen molar-refractivity contribution in [2.75, 3.05) is 14.2 Å². The molecule has 21 heavy (non-hydrogen) atoms. The molecule has 5 heteroatoms. The molecule has 3 nitrogen and oxygen atoms in total. The first-order valence-electron chi connectivity index (χ1n) is 6.39. The van der Waals surface area contributed by atoms with Crippen LogP contribution in [0.5, 0.6) is 11.5 Å². The van der Waals surface area contributed by atoms with E-state index in [0.717, 1.165) is 15.8 Å². The maximum absolute atomic E-state index is 10.5. The van der Waals surface area contributed by atoms with E-state index in [9.17, 15) is 5.11 Å². The van der Waals surface area contributed by atoms with Crippen LogP contribution in [0.4, 0.5) is 0 Å². The highest BCUT2D eigenvalue weighted by Gasteiger charge is 2.16. The fourth-order valence-corrected chi connectivity index (χ4v) is 2.68. The molecule has 0 saturated carbocycles. The summed E-state index contributed by atoms with van der Waals surface area (Å²) in [7, 11) is 3.18. The molecule has 0 bridgehead atoms. The lowest BCUT2D eigenvalue weighted by molar-refractivity contribution is 0.173.